The van der Waals surface area contributed by atoms with Gasteiger partial charge in [-0.3, -0.25) is 4.79 Å². The van der Waals surface area contributed by atoms with E-state index in [-0.39, 0.29) is 17.9 Å². The van der Waals surface area contributed by atoms with Gasteiger partial charge in [0.25, 0.3) is 0 Å². The van der Waals surface area contributed by atoms with Crippen LogP contribution in [0.1, 0.15) is 31.2 Å². The summed E-state index contributed by atoms with van der Waals surface area (Å²) in [5.74, 6) is -0.183. The Balaban J connectivity index is 2.26. The van der Waals surface area contributed by atoms with Crippen molar-refractivity contribution in [1.82, 2.24) is 4.90 Å². The number of amides is 1. The topological polar surface area (TPSA) is 49.3 Å². The van der Waals surface area contributed by atoms with Gasteiger partial charge >= 0.3 is 0 Å². The minimum Gasteiger partial charge on any atom is -0.369 e. The largest absolute Gasteiger partial charge is 0.369 e. The van der Waals surface area contributed by atoms with Crippen LogP contribution in [-0.4, -0.2) is 54.8 Å². The predicted molar refractivity (Wildman–Crippen MR) is 90.2 cm³/mol. The Morgan fingerprint density at radius 3 is 2.59 bits per heavy atom. The molecule has 1 aliphatic carbocycles. The van der Waals surface area contributed by atoms with E-state index in [1.165, 1.54) is 12.0 Å². The lowest BCUT2D eigenvalue weighted by Gasteiger charge is -2.27. The Labute approximate surface area is 133 Å². The molecule has 1 fully saturated rings. The second kappa shape index (κ2) is 8.08. The predicted octanol–water partition coefficient (Wildman–Crippen LogP) is 1.72. The first kappa shape index (κ1) is 16.7. The molecule has 1 amide bonds. The number of carbonyl (C=O) groups excluding carboxylic acids is 1. The van der Waals surface area contributed by atoms with Crippen molar-refractivity contribution in [2.45, 2.75) is 31.7 Å². The fraction of sp³-hybridized carbons (Fsp3) is 0.556. The minimum absolute atomic E-state index is 0.0316. The van der Waals surface area contributed by atoms with Crippen LogP contribution in [0.2, 0.25) is 0 Å². The third-order valence-electron chi connectivity index (χ3n) is 4.44. The normalized spacial score (nSPS) is 22.8. The van der Waals surface area contributed by atoms with Gasteiger partial charge in [-0.1, -0.05) is 24.6 Å². The van der Waals surface area contributed by atoms with Crippen molar-refractivity contribution in [3.8, 4) is 0 Å². The van der Waals surface area contributed by atoms with Crippen LogP contribution in [0.25, 0.3) is 0 Å². The van der Waals surface area contributed by atoms with E-state index in [1.807, 2.05) is 18.2 Å². The summed E-state index contributed by atoms with van der Waals surface area (Å²) in [6.45, 7) is 1.88. The van der Waals surface area contributed by atoms with Crippen LogP contribution in [0.4, 0.5) is 0 Å². The van der Waals surface area contributed by atoms with Gasteiger partial charge in [-0.25, -0.2) is 4.58 Å². The van der Waals surface area contributed by atoms with E-state index < -0.39 is 0 Å². The van der Waals surface area contributed by atoms with Crippen LogP contribution in [0.3, 0.4) is 0 Å². The maximum atomic E-state index is 11.8. The van der Waals surface area contributed by atoms with Crippen LogP contribution in [0.15, 0.2) is 30.3 Å². The molecule has 2 N–H and O–H groups in total. The Bertz CT molecular complexity index is 510. The molecular weight excluding hydrogens is 274 g/mol. The molecule has 4 heteroatoms. The Hall–Kier alpha value is -1.68. The van der Waals surface area contributed by atoms with Crippen LogP contribution in [0, 0.1) is 5.92 Å². The highest BCUT2D eigenvalue weighted by atomic mass is 16.1. The van der Waals surface area contributed by atoms with Gasteiger partial charge in [-0.2, -0.15) is 0 Å². The van der Waals surface area contributed by atoms with Crippen molar-refractivity contribution in [2.24, 2.45) is 11.7 Å². The maximum absolute atomic E-state index is 11.8. The summed E-state index contributed by atoms with van der Waals surface area (Å²) in [4.78, 5) is 14.0. The average molecular weight is 302 g/mol. The van der Waals surface area contributed by atoms with Gasteiger partial charge in [-0.05, 0) is 39.1 Å². The smallest absolute Gasteiger partial charge is 0.227 e. The van der Waals surface area contributed by atoms with Crippen molar-refractivity contribution >= 4 is 12.1 Å². The van der Waals surface area contributed by atoms with E-state index in [0.29, 0.717) is 0 Å². The van der Waals surface area contributed by atoms with E-state index in [4.69, 9.17) is 5.73 Å². The summed E-state index contributed by atoms with van der Waals surface area (Å²) < 4.78 is 2.34. The van der Waals surface area contributed by atoms with Gasteiger partial charge in [0, 0.05) is 12.0 Å². The van der Waals surface area contributed by atoms with Crippen LogP contribution >= 0.6 is 0 Å². The summed E-state index contributed by atoms with van der Waals surface area (Å²) in [6.07, 6.45) is 6.44. The zero-order chi connectivity index (χ0) is 15.9. The summed E-state index contributed by atoms with van der Waals surface area (Å²) in [5.41, 5.74) is 6.83. The molecule has 0 radical (unpaired) electrons. The van der Waals surface area contributed by atoms with E-state index in [9.17, 15) is 4.79 Å². The summed E-state index contributed by atoms with van der Waals surface area (Å²) in [5, 5.41) is 0. The summed E-state index contributed by atoms with van der Waals surface area (Å²) in [7, 11) is 4.15. The van der Waals surface area contributed by atoms with Crippen molar-refractivity contribution in [2.75, 3.05) is 27.2 Å². The van der Waals surface area contributed by atoms with E-state index in [0.717, 1.165) is 32.4 Å². The molecule has 1 aromatic carbocycles. The number of likely N-dealkylation sites (N-methyl/N-ethyl adjacent to an activating group) is 1. The highest BCUT2D eigenvalue weighted by molar-refractivity contribution is 5.78. The Kier molecular flexibility index (Phi) is 6.13. The first-order valence-electron chi connectivity index (χ1n) is 8.17. The lowest BCUT2D eigenvalue weighted by atomic mass is 9.83. The standard InChI is InChI=1S/C18H27N3O/c1-20(2)12-13-21(14-15-8-4-3-5-9-15)17-11-7-6-10-16(17)18(19)22/h3-5,8-9,14,16-17H,6-7,10-13H2,1-2H3,(H-,19,22)/p+1. The second-order valence-electron chi connectivity index (χ2n) is 6.44. The van der Waals surface area contributed by atoms with Crippen molar-refractivity contribution in [3.05, 3.63) is 35.9 Å². The van der Waals surface area contributed by atoms with Crippen molar-refractivity contribution in [3.63, 3.8) is 0 Å². The van der Waals surface area contributed by atoms with Crippen LogP contribution in [0.5, 0.6) is 0 Å². The minimum atomic E-state index is -0.152. The first-order chi connectivity index (χ1) is 10.6. The van der Waals surface area contributed by atoms with Gasteiger partial charge in [0.05, 0.1) is 12.5 Å². The van der Waals surface area contributed by atoms with E-state index in [1.54, 1.807) is 0 Å². The molecule has 1 saturated carbocycles. The fourth-order valence-electron chi connectivity index (χ4n) is 3.21. The highest BCUT2D eigenvalue weighted by Crippen LogP contribution is 2.26. The first-order valence-corrected chi connectivity index (χ1v) is 8.17. The second-order valence-corrected chi connectivity index (χ2v) is 6.44. The number of primary amides is 1. The molecule has 1 aliphatic rings. The van der Waals surface area contributed by atoms with Gasteiger partial charge < -0.3 is 10.6 Å². The molecule has 0 saturated heterocycles. The molecule has 2 atom stereocenters. The number of rotatable bonds is 6. The number of nitrogens with zero attached hydrogens (tertiary/aromatic N) is 2. The number of carbonyl (C=O) groups is 1. The molecule has 2 rings (SSSR count). The quantitative estimate of drug-likeness (QED) is 0.642. The third kappa shape index (κ3) is 4.67. The number of benzene rings is 1. The molecule has 4 nitrogen and oxygen atoms in total. The van der Waals surface area contributed by atoms with Gasteiger partial charge in [0.15, 0.2) is 18.8 Å². The maximum Gasteiger partial charge on any atom is 0.227 e. The number of nitrogens with two attached hydrogens (primary N) is 1. The van der Waals surface area contributed by atoms with Crippen molar-refractivity contribution < 1.29 is 9.37 Å². The Morgan fingerprint density at radius 1 is 1.27 bits per heavy atom. The van der Waals surface area contributed by atoms with Crippen molar-refractivity contribution in [1.29, 1.82) is 0 Å². The molecule has 0 aliphatic heterocycles. The van der Waals surface area contributed by atoms with Crippen LogP contribution < -0.4 is 5.73 Å². The highest BCUT2D eigenvalue weighted by Gasteiger charge is 2.36. The number of hydrogen-bond acceptors (Lipinski definition) is 2. The van der Waals surface area contributed by atoms with E-state index >= 15 is 0 Å². The molecule has 0 bridgehead atoms. The van der Waals surface area contributed by atoms with Gasteiger partial charge in [0.1, 0.15) is 0 Å². The number of hydrogen-bond donors (Lipinski definition) is 1. The van der Waals surface area contributed by atoms with Crippen LogP contribution in [-0.2, 0) is 4.79 Å². The van der Waals surface area contributed by atoms with Gasteiger partial charge in [0.2, 0.25) is 5.91 Å². The third-order valence-corrected chi connectivity index (χ3v) is 4.44. The summed E-state index contributed by atoms with van der Waals surface area (Å²) in [6, 6.07) is 10.5. The molecule has 0 spiro atoms. The lowest BCUT2D eigenvalue weighted by molar-refractivity contribution is -0.570. The monoisotopic (exact) mass is 302 g/mol. The zero-order valence-corrected chi connectivity index (χ0v) is 13.7. The molecule has 120 valence electrons. The molecule has 1 aromatic rings. The fourth-order valence-corrected chi connectivity index (χ4v) is 3.21. The molecule has 0 heterocycles. The molecular formula is C18H28N3O+. The molecule has 2 unspecified atom stereocenters. The molecule has 0 aromatic heterocycles. The summed E-state index contributed by atoms with van der Waals surface area (Å²) >= 11 is 0. The lowest BCUT2D eigenvalue weighted by Crippen LogP contribution is -2.45. The van der Waals surface area contributed by atoms with E-state index in [2.05, 4.69) is 41.9 Å². The SMILES string of the molecule is CN(C)CC[N+](=Cc1ccccc1)C1CCCCC1C(N)=O. The molecule has 22 heavy (non-hydrogen) atoms. The zero-order valence-electron chi connectivity index (χ0n) is 13.7. The Morgan fingerprint density at radius 2 is 1.95 bits per heavy atom. The average Bonchev–Trinajstić information content (AvgIpc) is 2.52. The van der Waals surface area contributed by atoms with Gasteiger partial charge in [-0.15, -0.1) is 0 Å².